The zero-order valence-corrected chi connectivity index (χ0v) is 27.6. The van der Waals surface area contributed by atoms with Crippen LogP contribution in [0.15, 0.2) is 164 Å². The Labute approximate surface area is 281 Å². The first-order valence-corrected chi connectivity index (χ1v) is 16.9. The van der Waals surface area contributed by atoms with Gasteiger partial charge in [0.25, 0.3) is 0 Å². The molecule has 0 aliphatic carbocycles. The summed E-state index contributed by atoms with van der Waals surface area (Å²) < 4.78 is 0. The van der Waals surface area contributed by atoms with Crippen LogP contribution in [0.3, 0.4) is 0 Å². The van der Waals surface area contributed by atoms with E-state index < -0.39 is 0 Å². The van der Waals surface area contributed by atoms with Crippen LogP contribution in [-0.4, -0.2) is 0 Å². The van der Waals surface area contributed by atoms with E-state index >= 15 is 0 Å². The van der Waals surface area contributed by atoms with Crippen LogP contribution in [0.5, 0.6) is 0 Å². The number of fused-ring (bicyclic) bond motifs is 6. The Kier molecular flexibility index (Phi) is 6.49. The van der Waals surface area contributed by atoms with Crippen molar-refractivity contribution in [1.82, 2.24) is 0 Å². The quantitative estimate of drug-likeness (QED) is 0.138. The number of rotatable bonds is 3. The van der Waals surface area contributed by atoms with Crippen LogP contribution >= 0.6 is 0 Å². The minimum Gasteiger partial charge on any atom is -0.0616 e. The minimum absolute atomic E-state index is 0.0426. The van der Waals surface area contributed by atoms with Crippen molar-refractivity contribution in [2.45, 2.75) is 26.2 Å². The third-order valence-corrected chi connectivity index (χ3v) is 10.1. The van der Waals surface area contributed by atoms with E-state index in [-0.39, 0.29) is 5.41 Å². The lowest BCUT2D eigenvalue weighted by Gasteiger charge is -2.27. The average molecular weight is 613 g/mol. The Balaban J connectivity index is 1.21. The molecule has 0 unspecified atom stereocenters. The van der Waals surface area contributed by atoms with E-state index in [0.717, 1.165) is 0 Å². The zero-order chi connectivity index (χ0) is 32.4. The van der Waals surface area contributed by atoms with Gasteiger partial charge in [-0.15, -0.1) is 0 Å². The maximum Gasteiger partial charge on any atom is -0.00204 e. The predicted octanol–water partition coefficient (Wildman–Crippen LogP) is 13.8. The molecule has 0 saturated heterocycles. The molecule has 0 spiro atoms. The molecule has 48 heavy (non-hydrogen) atoms. The van der Waals surface area contributed by atoms with Gasteiger partial charge in [-0.3, -0.25) is 0 Å². The van der Waals surface area contributed by atoms with Gasteiger partial charge in [-0.25, -0.2) is 0 Å². The Morgan fingerprint density at radius 1 is 0.312 bits per heavy atom. The maximum absolute atomic E-state index is 2.44. The Morgan fingerprint density at radius 3 is 1.50 bits per heavy atom. The highest BCUT2D eigenvalue weighted by molar-refractivity contribution is 6.19. The Hall–Kier alpha value is -5.72. The SMILES string of the molecule is CC(C)(C)c1c2ccccc2c(-c2cccc3ccccc23)c2ccc(-c3ccc(-c4ccc5c(ccc6ccccc65)c4)cc3)cc12. The standard InChI is InChI=1S/C48H36/c1-48(2,3)47-44-17-9-8-16-42(44)46(41-18-10-13-33-11-4-7-15-39(33)41)43-28-26-36(30-45(43)47)32-21-19-31(20-22-32)35-25-27-40-37(29-35)24-23-34-12-5-6-14-38(34)40/h4-30H,1-3H3. The normalized spacial score (nSPS) is 12.1. The summed E-state index contributed by atoms with van der Waals surface area (Å²) in [7, 11) is 0. The maximum atomic E-state index is 2.44. The lowest BCUT2D eigenvalue weighted by atomic mass is 9.77. The fourth-order valence-electron chi connectivity index (χ4n) is 7.95. The highest BCUT2D eigenvalue weighted by Gasteiger charge is 2.24. The second kappa shape index (κ2) is 10.9. The summed E-state index contributed by atoms with van der Waals surface area (Å²) >= 11 is 0. The molecule has 0 heteroatoms. The minimum atomic E-state index is -0.0426. The fraction of sp³-hybridized carbons (Fsp3) is 0.0833. The first kappa shape index (κ1) is 28.5. The molecule has 0 aliphatic rings. The summed E-state index contributed by atoms with van der Waals surface area (Å²) in [5, 5.41) is 13.0. The van der Waals surface area contributed by atoms with Gasteiger partial charge in [0.05, 0.1) is 0 Å². The second-order valence-electron chi connectivity index (χ2n) is 14.1. The molecule has 9 rings (SSSR count). The van der Waals surface area contributed by atoms with Crippen molar-refractivity contribution in [1.29, 1.82) is 0 Å². The average Bonchev–Trinajstić information content (AvgIpc) is 3.12. The molecule has 0 aliphatic heterocycles. The number of hydrogen-bond donors (Lipinski definition) is 0. The number of hydrogen-bond acceptors (Lipinski definition) is 0. The molecule has 0 heterocycles. The summed E-state index contributed by atoms with van der Waals surface area (Å²) in [4.78, 5) is 0. The van der Waals surface area contributed by atoms with Gasteiger partial charge >= 0.3 is 0 Å². The Bertz CT molecular complexity index is 2680. The van der Waals surface area contributed by atoms with Crippen LogP contribution in [0.1, 0.15) is 26.3 Å². The third-order valence-electron chi connectivity index (χ3n) is 10.1. The van der Waals surface area contributed by atoms with Gasteiger partial charge in [0.15, 0.2) is 0 Å². The lowest BCUT2D eigenvalue weighted by Crippen LogP contribution is -2.13. The molecule has 0 nitrogen and oxygen atoms in total. The fourth-order valence-corrected chi connectivity index (χ4v) is 7.95. The van der Waals surface area contributed by atoms with Crippen molar-refractivity contribution in [3.8, 4) is 33.4 Å². The lowest BCUT2D eigenvalue weighted by molar-refractivity contribution is 0.601. The topological polar surface area (TPSA) is 0 Å². The van der Waals surface area contributed by atoms with Gasteiger partial charge in [-0.1, -0.05) is 172 Å². The van der Waals surface area contributed by atoms with Gasteiger partial charge < -0.3 is 0 Å². The van der Waals surface area contributed by atoms with E-state index in [9.17, 15) is 0 Å². The molecule has 0 aromatic heterocycles. The Morgan fingerprint density at radius 2 is 0.792 bits per heavy atom. The third kappa shape index (κ3) is 4.60. The molecular weight excluding hydrogens is 577 g/mol. The van der Waals surface area contributed by atoms with Crippen LogP contribution in [0.4, 0.5) is 0 Å². The van der Waals surface area contributed by atoms with E-state index in [0.29, 0.717) is 0 Å². The van der Waals surface area contributed by atoms with E-state index in [2.05, 4.69) is 185 Å². The van der Waals surface area contributed by atoms with Crippen LogP contribution in [0.25, 0.3) is 87.2 Å². The largest absolute Gasteiger partial charge is 0.0616 e. The summed E-state index contributed by atoms with van der Waals surface area (Å²) in [6.07, 6.45) is 0. The van der Waals surface area contributed by atoms with Crippen molar-refractivity contribution in [3.05, 3.63) is 169 Å². The molecule has 9 aromatic rings. The van der Waals surface area contributed by atoms with Gasteiger partial charge in [-0.2, -0.15) is 0 Å². The van der Waals surface area contributed by atoms with Crippen LogP contribution < -0.4 is 0 Å². The van der Waals surface area contributed by atoms with Crippen molar-refractivity contribution < 1.29 is 0 Å². The molecule has 0 atom stereocenters. The molecule has 0 saturated carbocycles. The van der Waals surface area contributed by atoms with E-state index in [4.69, 9.17) is 0 Å². The molecule has 0 radical (unpaired) electrons. The van der Waals surface area contributed by atoms with Crippen molar-refractivity contribution >= 4 is 53.9 Å². The highest BCUT2D eigenvalue weighted by atomic mass is 14.3. The first-order valence-electron chi connectivity index (χ1n) is 16.9. The monoisotopic (exact) mass is 612 g/mol. The number of benzene rings is 9. The summed E-state index contributed by atoms with van der Waals surface area (Å²) in [5.41, 5.74) is 8.90. The van der Waals surface area contributed by atoms with Gasteiger partial charge in [0.2, 0.25) is 0 Å². The van der Waals surface area contributed by atoms with Crippen molar-refractivity contribution in [2.24, 2.45) is 0 Å². The summed E-state index contributed by atoms with van der Waals surface area (Å²) in [6, 6.07) is 60.7. The molecular formula is C48H36. The molecule has 228 valence electrons. The van der Waals surface area contributed by atoms with Gasteiger partial charge in [-0.05, 0) is 110 Å². The van der Waals surface area contributed by atoms with E-state index in [1.807, 2.05) is 0 Å². The van der Waals surface area contributed by atoms with Gasteiger partial charge in [0.1, 0.15) is 0 Å². The second-order valence-corrected chi connectivity index (χ2v) is 14.1. The molecule has 0 amide bonds. The van der Waals surface area contributed by atoms with Crippen molar-refractivity contribution in [3.63, 3.8) is 0 Å². The van der Waals surface area contributed by atoms with Crippen LogP contribution in [0.2, 0.25) is 0 Å². The highest BCUT2D eigenvalue weighted by Crippen LogP contribution is 2.46. The van der Waals surface area contributed by atoms with Crippen LogP contribution in [-0.2, 0) is 5.41 Å². The summed E-state index contributed by atoms with van der Waals surface area (Å²) in [6.45, 7) is 7.04. The van der Waals surface area contributed by atoms with Crippen molar-refractivity contribution in [2.75, 3.05) is 0 Å². The van der Waals surface area contributed by atoms with E-state index in [1.165, 1.54) is 92.8 Å². The predicted molar refractivity (Wildman–Crippen MR) is 209 cm³/mol. The molecule has 0 N–H and O–H groups in total. The summed E-state index contributed by atoms with van der Waals surface area (Å²) in [5.74, 6) is 0. The zero-order valence-electron chi connectivity index (χ0n) is 27.6. The molecule has 9 aromatic carbocycles. The molecule has 0 bridgehead atoms. The molecule has 0 fully saturated rings. The van der Waals surface area contributed by atoms with Gasteiger partial charge in [0, 0.05) is 0 Å². The van der Waals surface area contributed by atoms with E-state index in [1.54, 1.807) is 0 Å². The first-order chi connectivity index (χ1) is 23.4. The smallest absolute Gasteiger partial charge is 0.00204 e. The van der Waals surface area contributed by atoms with Crippen LogP contribution in [0, 0.1) is 0 Å².